The number of nitrogens with one attached hydrogen (secondary N) is 1. The van der Waals surface area contributed by atoms with E-state index in [2.05, 4.69) is 10.1 Å². The van der Waals surface area contributed by atoms with Gasteiger partial charge in [0.15, 0.2) is 6.79 Å². The first kappa shape index (κ1) is 17.9. The number of aliphatic hydroxyl groups is 1. The van der Waals surface area contributed by atoms with Gasteiger partial charge in [-0.1, -0.05) is 0 Å². The lowest BCUT2D eigenvalue weighted by atomic mass is 9.85. The fraction of sp³-hybridized carbons (Fsp3) is 0.857. The second-order valence-electron chi connectivity index (χ2n) is 6.61. The molecule has 122 valence electrons. The van der Waals surface area contributed by atoms with Gasteiger partial charge in [0.25, 0.3) is 0 Å². The average Bonchev–Trinajstić information content (AvgIpc) is 2.45. The highest BCUT2D eigenvalue weighted by atomic mass is 16.9. The van der Waals surface area contributed by atoms with Gasteiger partial charge in [0.05, 0.1) is 5.92 Å². The molecule has 21 heavy (non-hydrogen) atoms. The Hall–Kier alpha value is -1.18. The Morgan fingerprint density at radius 2 is 1.81 bits per heavy atom. The first-order chi connectivity index (χ1) is 9.38. The predicted octanol–water partition coefficient (Wildman–Crippen LogP) is 0.899. The van der Waals surface area contributed by atoms with Crippen LogP contribution in [0.3, 0.4) is 0 Å². The van der Waals surface area contributed by atoms with Gasteiger partial charge < -0.3 is 19.9 Å². The maximum absolute atomic E-state index is 11.3. The van der Waals surface area contributed by atoms with E-state index in [4.69, 9.17) is 9.47 Å². The number of carbonyl (C=O) groups excluding carboxylic acids is 2. The number of ether oxygens (including phenoxy) is 3. The minimum absolute atomic E-state index is 0.257. The molecule has 1 aliphatic rings. The van der Waals surface area contributed by atoms with Crippen LogP contribution in [0.4, 0.5) is 0 Å². The summed E-state index contributed by atoms with van der Waals surface area (Å²) >= 11 is 0. The smallest absolute Gasteiger partial charge is 0.334 e. The van der Waals surface area contributed by atoms with Crippen molar-refractivity contribution in [3.8, 4) is 0 Å². The first-order valence-corrected chi connectivity index (χ1v) is 6.86. The third-order valence-electron chi connectivity index (χ3n) is 3.50. The SMILES string of the molecule is CC(=O)OCO[C@@](O)(OC(C)=O)[C@@H]1CC(C)(C)NC1(C)C. The van der Waals surface area contributed by atoms with Crippen molar-refractivity contribution >= 4 is 11.9 Å². The van der Waals surface area contributed by atoms with Crippen LogP contribution >= 0.6 is 0 Å². The van der Waals surface area contributed by atoms with Crippen molar-refractivity contribution in [2.24, 2.45) is 5.92 Å². The van der Waals surface area contributed by atoms with E-state index in [1.54, 1.807) is 0 Å². The number of hydrogen-bond acceptors (Lipinski definition) is 7. The van der Waals surface area contributed by atoms with Gasteiger partial charge in [-0.15, -0.1) is 0 Å². The lowest BCUT2D eigenvalue weighted by molar-refractivity contribution is -0.387. The van der Waals surface area contributed by atoms with E-state index in [1.807, 2.05) is 27.7 Å². The van der Waals surface area contributed by atoms with E-state index in [1.165, 1.54) is 13.8 Å². The number of esters is 2. The average molecular weight is 303 g/mol. The van der Waals surface area contributed by atoms with E-state index in [-0.39, 0.29) is 5.54 Å². The van der Waals surface area contributed by atoms with E-state index >= 15 is 0 Å². The standard InChI is InChI=1S/C14H25NO6/c1-9(16)19-8-20-14(18,21-10(2)17)11-7-12(3,4)15-13(11,5)6/h11,15,18H,7-8H2,1-6H3/t11-,14-/m1/s1. The van der Waals surface area contributed by atoms with Crippen LogP contribution in [0.1, 0.15) is 48.0 Å². The van der Waals surface area contributed by atoms with E-state index in [9.17, 15) is 14.7 Å². The van der Waals surface area contributed by atoms with Gasteiger partial charge in [-0.2, -0.15) is 0 Å². The van der Waals surface area contributed by atoms with Gasteiger partial charge in [-0.25, -0.2) is 0 Å². The van der Waals surface area contributed by atoms with Crippen molar-refractivity contribution in [1.82, 2.24) is 5.32 Å². The van der Waals surface area contributed by atoms with Gasteiger partial charge in [0, 0.05) is 24.9 Å². The lowest BCUT2D eigenvalue weighted by Crippen LogP contribution is -2.55. The van der Waals surface area contributed by atoms with Crippen molar-refractivity contribution in [3.63, 3.8) is 0 Å². The van der Waals surface area contributed by atoms with Crippen molar-refractivity contribution in [2.75, 3.05) is 6.79 Å². The quantitative estimate of drug-likeness (QED) is 0.575. The van der Waals surface area contributed by atoms with Gasteiger partial charge >= 0.3 is 17.9 Å². The summed E-state index contributed by atoms with van der Waals surface area (Å²) in [7, 11) is 0. The van der Waals surface area contributed by atoms with Crippen LogP contribution in [0.5, 0.6) is 0 Å². The van der Waals surface area contributed by atoms with Crippen LogP contribution in [0, 0.1) is 5.92 Å². The summed E-state index contributed by atoms with van der Waals surface area (Å²) in [5.41, 5.74) is -0.795. The van der Waals surface area contributed by atoms with E-state index < -0.39 is 36.2 Å². The largest absolute Gasteiger partial charge is 0.438 e. The summed E-state index contributed by atoms with van der Waals surface area (Å²) in [5.74, 6) is -3.92. The molecule has 2 atom stereocenters. The fourth-order valence-corrected chi connectivity index (χ4v) is 2.96. The molecule has 0 unspecified atom stereocenters. The predicted molar refractivity (Wildman–Crippen MR) is 73.8 cm³/mol. The van der Waals surface area contributed by atoms with Gasteiger partial charge in [-0.3, -0.25) is 14.3 Å². The molecule has 0 aromatic heterocycles. The zero-order valence-electron chi connectivity index (χ0n) is 13.5. The Morgan fingerprint density at radius 1 is 1.24 bits per heavy atom. The molecule has 0 radical (unpaired) electrons. The monoisotopic (exact) mass is 303 g/mol. The summed E-state index contributed by atoms with van der Waals surface area (Å²) in [4.78, 5) is 22.1. The molecule has 0 aromatic carbocycles. The van der Waals surface area contributed by atoms with Crippen molar-refractivity contribution in [3.05, 3.63) is 0 Å². The Kier molecular flexibility index (Phi) is 5.02. The molecule has 7 heteroatoms. The highest BCUT2D eigenvalue weighted by molar-refractivity contribution is 5.66. The summed E-state index contributed by atoms with van der Waals surface area (Å²) in [6.07, 6.45) is 0.518. The molecule has 0 saturated carbocycles. The maximum Gasteiger partial charge on any atom is 0.334 e. The zero-order valence-corrected chi connectivity index (χ0v) is 13.5. The fourth-order valence-electron chi connectivity index (χ4n) is 2.96. The Labute approximate surface area is 124 Å². The number of hydrogen-bond donors (Lipinski definition) is 2. The summed E-state index contributed by atoms with van der Waals surface area (Å²) in [5, 5.41) is 14.0. The molecule has 0 aromatic rings. The minimum Gasteiger partial charge on any atom is -0.438 e. The highest BCUT2D eigenvalue weighted by Crippen LogP contribution is 2.43. The first-order valence-electron chi connectivity index (χ1n) is 6.86. The molecule has 0 amide bonds. The van der Waals surface area contributed by atoms with Gasteiger partial charge in [0.1, 0.15) is 0 Å². The van der Waals surface area contributed by atoms with Gasteiger partial charge in [-0.05, 0) is 34.1 Å². The van der Waals surface area contributed by atoms with Crippen LogP contribution in [0.2, 0.25) is 0 Å². The minimum atomic E-state index is -2.16. The molecule has 0 spiro atoms. The second-order valence-corrected chi connectivity index (χ2v) is 6.61. The Bertz CT molecular complexity index is 420. The molecule has 0 bridgehead atoms. The van der Waals surface area contributed by atoms with Crippen LogP contribution in [-0.2, 0) is 23.8 Å². The van der Waals surface area contributed by atoms with E-state index in [0.29, 0.717) is 6.42 Å². The zero-order chi connectivity index (χ0) is 16.5. The van der Waals surface area contributed by atoms with Crippen LogP contribution < -0.4 is 5.32 Å². The van der Waals surface area contributed by atoms with E-state index in [0.717, 1.165) is 0 Å². The molecule has 1 aliphatic heterocycles. The van der Waals surface area contributed by atoms with Crippen LogP contribution in [0.15, 0.2) is 0 Å². The summed E-state index contributed by atoms with van der Waals surface area (Å²) in [6.45, 7) is 9.64. The number of carbonyl (C=O) groups is 2. The highest BCUT2D eigenvalue weighted by Gasteiger charge is 2.57. The molecule has 1 fully saturated rings. The van der Waals surface area contributed by atoms with Crippen LogP contribution in [0.25, 0.3) is 0 Å². The molecule has 1 rings (SSSR count). The van der Waals surface area contributed by atoms with Crippen molar-refractivity contribution in [2.45, 2.75) is 65.0 Å². The van der Waals surface area contributed by atoms with Crippen molar-refractivity contribution < 1.29 is 28.9 Å². The maximum atomic E-state index is 11.3. The Morgan fingerprint density at radius 3 is 2.19 bits per heavy atom. The molecule has 7 nitrogen and oxygen atoms in total. The van der Waals surface area contributed by atoms with Crippen molar-refractivity contribution in [1.29, 1.82) is 0 Å². The molecule has 1 saturated heterocycles. The normalized spacial score (nSPS) is 26.0. The second kappa shape index (κ2) is 5.90. The molecular formula is C14H25NO6. The summed E-state index contributed by atoms with van der Waals surface area (Å²) < 4.78 is 14.9. The lowest BCUT2D eigenvalue weighted by Gasteiger charge is -2.38. The molecular weight excluding hydrogens is 278 g/mol. The third kappa shape index (κ3) is 4.66. The summed E-state index contributed by atoms with van der Waals surface area (Å²) in [6, 6.07) is 0. The molecule has 2 N–H and O–H groups in total. The van der Waals surface area contributed by atoms with Crippen LogP contribution in [-0.4, -0.2) is 40.9 Å². The molecule has 1 heterocycles. The number of rotatable bonds is 5. The topological polar surface area (TPSA) is 94.1 Å². The Balaban J connectivity index is 2.95. The third-order valence-corrected chi connectivity index (χ3v) is 3.50. The van der Waals surface area contributed by atoms with Gasteiger partial charge in [0.2, 0.25) is 0 Å². The molecule has 0 aliphatic carbocycles.